The summed E-state index contributed by atoms with van der Waals surface area (Å²) in [5, 5.41) is 12.5. The van der Waals surface area contributed by atoms with E-state index in [4.69, 9.17) is 14.4 Å². The van der Waals surface area contributed by atoms with Crippen molar-refractivity contribution in [3.05, 3.63) is 40.6 Å². The van der Waals surface area contributed by atoms with E-state index in [-0.39, 0.29) is 5.76 Å². The summed E-state index contributed by atoms with van der Waals surface area (Å²) in [6.07, 6.45) is 0. The molecule has 1 heterocycles. The third-order valence-corrected chi connectivity index (χ3v) is 2.97. The normalized spacial score (nSPS) is 10.3. The summed E-state index contributed by atoms with van der Waals surface area (Å²) in [5.74, 6) is -1.90. The summed E-state index contributed by atoms with van der Waals surface area (Å²) in [6.45, 7) is 3.65. The fourth-order valence-corrected chi connectivity index (χ4v) is 1.96. The summed E-state index contributed by atoms with van der Waals surface area (Å²) in [7, 11) is 1.31. The van der Waals surface area contributed by atoms with Crippen LogP contribution in [0, 0.1) is 13.8 Å². The smallest absolute Gasteiger partial charge is 0.374 e. The summed E-state index contributed by atoms with van der Waals surface area (Å²) >= 11 is 0. The molecule has 1 aromatic carbocycles. The minimum absolute atomic E-state index is 0.250. The molecular formula is C14H13NO5. The molecule has 6 heteroatoms. The third-order valence-electron chi connectivity index (χ3n) is 2.97. The van der Waals surface area contributed by atoms with Gasteiger partial charge in [-0.1, -0.05) is 11.2 Å². The summed E-state index contributed by atoms with van der Waals surface area (Å²) < 4.78 is 9.44. The van der Waals surface area contributed by atoms with Gasteiger partial charge in [0.05, 0.1) is 12.7 Å². The number of nitrogens with zero attached hydrogens (tertiary/aromatic N) is 1. The zero-order chi connectivity index (χ0) is 14.9. The van der Waals surface area contributed by atoms with Crippen molar-refractivity contribution in [1.82, 2.24) is 5.16 Å². The number of ether oxygens (including phenoxy) is 1. The van der Waals surface area contributed by atoms with Gasteiger partial charge in [-0.15, -0.1) is 0 Å². The SMILES string of the molecule is COC(=O)c1cc(-c2cc(C(=O)O)on2)c(C)cc1C. The van der Waals surface area contributed by atoms with Crippen molar-refractivity contribution in [1.29, 1.82) is 0 Å². The molecule has 1 N–H and O–H groups in total. The number of aromatic carboxylic acids is 1. The van der Waals surface area contributed by atoms with Gasteiger partial charge in [0, 0.05) is 11.6 Å². The van der Waals surface area contributed by atoms with Gasteiger partial charge in [0.15, 0.2) is 0 Å². The van der Waals surface area contributed by atoms with Crippen LogP contribution in [-0.4, -0.2) is 29.3 Å². The maximum atomic E-state index is 11.7. The van der Waals surface area contributed by atoms with Gasteiger partial charge in [-0.25, -0.2) is 9.59 Å². The Labute approximate surface area is 115 Å². The third kappa shape index (κ3) is 2.40. The van der Waals surface area contributed by atoms with Gasteiger partial charge >= 0.3 is 11.9 Å². The number of carbonyl (C=O) groups is 2. The van der Waals surface area contributed by atoms with Crippen LogP contribution >= 0.6 is 0 Å². The second-order valence-corrected chi connectivity index (χ2v) is 4.36. The number of rotatable bonds is 3. The van der Waals surface area contributed by atoms with Gasteiger partial charge in [-0.05, 0) is 31.0 Å². The fourth-order valence-electron chi connectivity index (χ4n) is 1.96. The number of aromatic nitrogens is 1. The zero-order valence-corrected chi connectivity index (χ0v) is 11.3. The number of aryl methyl sites for hydroxylation is 2. The molecule has 0 bridgehead atoms. The van der Waals surface area contributed by atoms with E-state index in [1.165, 1.54) is 13.2 Å². The van der Waals surface area contributed by atoms with E-state index in [2.05, 4.69) is 5.16 Å². The fraction of sp³-hybridized carbons (Fsp3) is 0.214. The Morgan fingerprint density at radius 1 is 1.20 bits per heavy atom. The predicted molar refractivity (Wildman–Crippen MR) is 69.7 cm³/mol. The highest BCUT2D eigenvalue weighted by atomic mass is 16.5. The second kappa shape index (κ2) is 5.16. The Morgan fingerprint density at radius 2 is 1.90 bits per heavy atom. The molecule has 0 atom stereocenters. The molecular weight excluding hydrogens is 262 g/mol. The number of esters is 1. The highest BCUT2D eigenvalue weighted by Crippen LogP contribution is 2.26. The van der Waals surface area contributed by atoms with E-state index < -0.39 is 11.9 Å². The molecule has 1 aromatic heterocycles. The van der Waals surface area contributed by atoms with E-state index >= 15 is 0 Å². The van der Waals surface area contributed by atoms with Crippen LogP contribution in [0.4, 0.5) is 0 Å². The summed E-state index contributed by atoms with van der Waals surface area (Å²) in [5.41, 5.74) is 3.05. The Bertz CT molecular complexity index is 687. The predicted octanol–water partition coefficient (Wildman–Crippen LogP) is 2.44. The van der Waals surface area contributed by atoms with Crippen LogP contribution in [0.15, 0.2) is 22.7 Å². The first-order valence-corrected chi connectivity index (χ1v) is 5.84. The van der Waals surface area contributed by atoms with Crippen LogP contribution in [0.2, 0.25) is 0 Å². The van der Waals surface area contributed by atoms with Crippen LogP contribution in [0.5, 0.6) is 0 Å². The summed E-state index contributed by atoms with van der Waals surface area (Å²) in [4.78, 5) is 22.5. The number of carboxylic acid groups (broad SMARTS) is 1. The Morgan fingerprint density at radius 3 is 2.45 bits per heavy atom. The molecule has 0 aliphatic heterocycles. The van der Waals surface area contributed by atoms with Gasteiger partial charge in [0.2, 0.25) is 5.76 Å². The first-order chi connectivity index (χ1) is 9.43. The Hall–Kier alpha value is -2.63. The van der Waals surface area contributed by atoms with Crippen molar-refractivity contribution in [3.8, 4) is 11.3 Å². The van der Waals surface area contributed by atoms with Crippen LogP contribution in [0.25, 0.3) is 11.3 Å². The molecule has 0 aliphatic rings. The quantitative estimate of drug-likeness (QED) is 0.865. The molecule has 20 heavy (non-hydrogen) atoms. The molecule has 0 unspecified atom stereocenters. The number of hydrogen-bond acceptors (Lipinski definition) is 5. The maximum absolute atomic E-state index is 11.7. The Kier molecular flexibility index (Phi) is 3.56. The molecule has 0 saturated heterocycles. The molecule has 2 aromatic rings. The van der Waals surface area contributed by atoms with Crippen LogP contribution < -0.4 is 0 Å². The molecule has 0 saturated carbocycles. The lowest BCUT2D eigenvalue weighted by Gasteiger charge is -2.08. The van der Waals surface area contributed by atoms with Crippen LogP contribution in [0.3, 0.4) is 0 Å². The van der Waals surface area contributed by atoms with Crippen LogP contribution in [-0.2, 0) is 4.74 Å². The van der Waals surface area contributed by atoms with E-state index in [1.54, 1.807) is 13.0 Å². The molecule has 0 radical (unpaired) electrons. The standard InChI is InChI=1S/C14H13NO5/c1-7-4-8(2)10(14(18)19-3)5-9(7)11-6-12(13(16)17)20-15-11/h4-6H,1-3H3,(H,16,17). The summed E-state index contributed by atoms with van der Waals surface area (Å²) in [6, 6.07) is 4.76. The molecule has 0 fully saturated rings. The first-order valence-electron chi connectivity index (χ1n) is 5.84. The average Bonchev–Trinajstić information content (AvgIpc) is 2.87. The molecule has 104 valence electrons. The molecule has 2 rings (SSSR count). The van der Waals surface area contributed by atoms with Gasteiger partial charge in [-0.3, -0.25) is 0 Å². The van der Waals surface area contributed by atoms with Crippen molar-refractivity contribution >= 4 is 11.9 Å². The Balaban J connectivity index is 2.55. The van der Waals surface area contributed by atoms with E-state index in [9.17, 15) is 9.59 Å². The number of benzene rings is 1. The molecule has 0 aliphatic carbocycles. The molecule has 6 nitrogen and oxygen atoms in total. The minimum Gasteiger partial charge on any atom is -0.475 e. The van der Waals surface area contributed by atoms with Gasteiger partial charge in [0.1, 0.15) is 5.69 Å². The maximum Gasteiger partial charge on any atom is 0.374 e. The lowest BCUT2D eigenvalue weighted by Crippen LogP contribution is -2.05. The highest BCUT2D eigenvalue weighted by molar-refractivity contribution is 5.93. The topological polar surface area (TPSA) is 89.6 Å². The van der Waals surface area contributed by atoms with Gasteiger partial charge < -0.3 is 14.4 Å². The van der Waals surface area contributed by atoms with E-state index in [0.717, 1.165) is 11.1 Å². The largest absolute Gasteiger partial charge is 0.475 e. The van der Waals surface area contributed by atoms with E-state index in [1.807, 2.05) is 13.0 Å². The van der Waals surface area contributed by atoms with Crippen molar-refractivity contribution in [2.24, 2.45) is 0 Å². The van der Waals surface area contributed by atoms with Crippen molar-refractivity contribution in [2.45, 2.75) is 13.8 Å². The lowest BCUT2D eigenvalue weighted by atomic mass is 9.98. The van der Waals surface area contributed by atoms with E-state index in [0.29, 0.717) is 16.8 Å². The molecule has 0 spiro atoms. The number of carbonyl (C=O) groups excluding carboxylic acids is 1. The average molecular weight is 275 g/mol. The number of hydrogen-bond donors (Lipinski definition) is 1. The first kappa shape index (κ1) is 13.8. The van der Waals surface area contributed by atoms with Crippen molar-refractivity contribution < 1.29 is 24.0 Å². The highest BCUT2D eigenvalue weighted by Gasteiger charge is 2.17. The molecule has 0 amide bonds. The number of carboxylic acids is 1. The minimum atomic E-state index is -1.19. The zero-order valence-electron chi connectivity index (χ0n) is 11.3. The van der Waals surface area contributed by atoms with Crippen LogP contribution in [0.1, 0.15) is 32.0 Å². The number of methoxy groups -OCH3 is 1. The van der Waals surface area contributed by atoms with Gasteiger partial charge in [-0.2, -0.15) is 0 Å². The lowest BCUT2D eigenvalue weighted by molar-refractivity contribution is 0.0598. The van der Waals surface area contributed by atoms with Crippen molar-refractivity contribution in [2.75, 3.05) is 7.11 Å². The van der Waals surface area contributed by atoms with Crippen molar-refractivity contribution in [3.63, 3.8) is 0 Å². The van der Waals surface area contributed by atoms with Gasteiger partial charge in [0.25, 0.3) is 0 Å². The monoisotopic (exact) mass is 275 g/mol. The second-order valence-electron chi connectivity index (χ2n) is 4.36.